The van der Waals surface area contributed by atoms with Crippen molar-refractivity contribution in [2.45, 2.75) is 64.6 Å². The minimum atomic E-state index is -4.10. The number of nitrogens with two attached hydrogens (primary N) is 1. The number of carbonyl (C=O) groups excluding carboxylic acids is 1. The van der Waals surface area contributed by atoms with Crippen LogP contribution in [0.25, 0.3) is 0 Å². The van der Waals surface area contributed by atoms with Crippen molar-refractivity contribution in [2.75, 3.05) is 18.3 Å². The van der Waals surface area contributed by atoms with E-state index in [-0.39, 0.29) is 30.0 Å². The van der Waals surface area contributed by atoms with Crippen molar-refractivity contribution in [3.05, 3.63) is 22.7 Å². The quantitative estimate of drug-likeness (QED) is 0.479. The molecule has 2 aliphatic heterocycles. The molecule has 0 radical (unpaired) electrons. The van der Waals surface area contributed by atoms with E-state index >= 15 is 4.39 Å². The highest BCUT2D eigenvalue weighted by molar-refractivity contribution is 8.13. The third-order valence-electron chi connectivity index (χ3n) is 5.14. The summed E-state index contributed by atoms with van der Waals surface area (Å²) in [5, 5.41) is -0.158. The third-order valence-corrected chi connectivity index (χ3v) is 7.80. The summed E-state index contributed by atoms with van der Waals surface area (Å²) in [7, 11) is -4.10. The van der Waals surface area contributed by atoms with Crippen LogP contribution in [0.15, 0.2) is 17.1 Å². The van der Waals surface area contributed by atoms with Gasteiger partial charge in [0.25, 0.3) is 0 Å². The van der Waals surface area contributed by atoms with Crippen LogP contribution in [0, 0.1) is 5.41 Å². The first-order valence-electron chi connectivity index (χ1n) is 9.79. The van der Waals surface area contributed by atoms with Crippen molar-refractivity contribution < 1.29 is 32.1 Å². The van der Waals surface area contributed by atoms with Crippen molar-refractivity contribution in [1.82, 2.24) is 9.55 Å². The molecule has 3 heterocycles. The van der Waals surface area contributed by atoms with Gasteiger partial charge in [-0.25, -0.2) is 13.8 Å². The number of phosphoric acid groups is 1. The van der Waals surface area contributed by atoms with E-state index in [0.717, 1.165) is 11.8 Å². The molecule has 1 aromatic rings. The predicted molar refractivity (Wildman–Crippen MR) is 112 cm³/mol. The Morgan fingerprint density at radius 1 is 1.52 bits per heavy atom. The number of thioether (sulfide) groups is 1. The lowest BCUT2D eigenvalue weighted by molar-refractivity contribution is -0.137. The van der Waals surface area contributed by atoms with E-state index in [1.54, 1.807) is 27.7 Å². The largest absolute Gasteiger partial charge is 0.476 e. The zero-order valence-corrected chi connectivity index (χ0v) is 19.5. The summed E-state index contributed by atoms with van der Waals surface area (Å²) in [5.74, 6) is -0.200. The van der Waals surface area contributed by atoms with E-state index in [1.165, 1.54) is 16.8 Å². The summed E-state index contributed by atoms with van der Waals surface area (Å²) in [6, 6.07) is 1.42. The molecule has 0 amide bonds. The zero-order chi connectivity index (χ0) is 23.0. The van der Waals surface area contributed by atoms with Gasteiger partial charge >= 0.3 is 13.5 Å². The predicted octanol–water partition coefficient (Wildman–Crippen LogP) is 2.51. The number of rotatable bonds is 6. The van der Waals surface area contributed by atoms with Crippen LogP contribution in [0.3, 0.4) is 0 Å². The third kappa shape index (κ3) is 5.20. The molecular weight excluding hydrogens is 452 g/mol. The summed E-state index contributed by atoms with van der Waals surface area (Å²) >= 11 is 0.838. The van der Waals surface area contributed by atoms with Crippen LogP contribution in [0.5, 0.6) is 0 Å². The van der Waals surface area contributed by atoms with Gasteiger partial charge in [0, 0.05) is 11.6 Å². The van der Waals surface area contributed by atoms with Crippen molar-refractivity contribution >= 4 is 30.5 Å². The lowest BCUT2D eigenvalue weighted by Gasteiger charge is -2.39. The molecule has 0 aliphatic carbocycles. The zero-order valence-electron chi connectivity index (χ0n) is 17.8. The second-order valence-electron chi connectivity index (χ2n) is 8.48. The van der Waals surface area contributed by atoms with E-state index in [0.29, 0.717) is 6.42 Å². The Bertz CT molecular complexity index is 939. The number of halogens is 1. The van der Waals surface area contributed by atoms with Crippen LogP contribution in [0.1, 0.15) is 34.1 Å². The van der Waals surface area contributed by atoms with Gasteiger partial charge < -0.3 is 10.5 Å². The Balaban J connectivity index is 1.69. The maximum atomic E-state index is 15.3. The van der Waals surface area contributed by atoms with Crippen LogP contribution in [-0.2, 0) is 34.2 Å². The highest BCUT2D eigenvalue weighted by Crippen LogP contribution is 2.60. The smallest absolute Gasteiger partial charge is 0.383 e. The van der Waals surface area contributed by atoms with Gasteiger partial charge in [-0.2, -0.15) is 4.98 Å². The fourth-order valence-corrected chi connectivity index (χ4v) is 5.70. The van der Waals surface area contributed by atoms with Crippen LogP contribution in [-0.4, -0.2) is 51.2 Å². The van der Waals surface area contributed by atoms with Crippen LogP contribution in [0.2, 0.25) is 0 Å². The topological polar surface area (TPSA) is 132 Å². The molecular formula is C18H27FN3O7PS. The minimum Gasteiger partial charge on any atom is -0.383 e. The molecule has 2 saturated heterocycles. The molecule has 2 fully saturated rings. The standard InChI is InChI=1S/C18H27FN3O7PS/c1-5-18-9-26-30(25,27-10-31-15(23)17(2,3)4)29-14(18)13(19)11(28-18)8-22-7-6-12(20)21-16(22)24/h6-7,11,13-14H,5,8-10H2,1-4H3,(H2,20,21,24)/t11-,13-,14-,18+,30?/m0/s1. The van der Waals surface area contributed by atoms with Gasteiger partial charge in [0.1, 0.15) is 29.6 Å². The molecule has 0 spiro atoms. The van der Waals surface area contributed by atoms with Crippen LogP contribution >= 0.6 is 19.6 Å². The summed E-state index contributed by atoms with van der Waals surface area (Å²) in [6.45, 7) is 6.67. The van der Waals surface area contributed by atoms with E-state index in [4.69, 9.17) is 24.0 Å². The van der Waals surface area contributed by atoms with Crippen molar-refractivity contribution in [2.24, 2.45) is 5.41 Å². The fourth-order valence-electron chi connectivity index (χ4n) is 3.27. The maximum absolute atomic E-state index is 15.3. The van der Waals surface area contributed by atoms with E-state index in [9.17, 15) is 14.2 Å². The second-order valence-corrected chi connectivity index (χ2v) is 11.0. The number of nitrogen functional groups attached to an aromatic ring is 1. The molecule has 31 heavy (non-hydrogen) atoms. The highest BCUT2D eigenvalue weighted by Gasteiger charge is 2.62. The highest BCUT2D eigenvalue weighted by atomic mass is 32.2. The summed E-state index contributed by atoms with van der Waals surface area (Å²) < 4.78 is 51.3. The van der Waals surface area contributed by atoms with Gasteiger partial charge in [0.2, 0.25) is 0 Å². The molecule has 2 aliphatic rings. The first-order valence-corrected chi connectivity index (χ1v) is 12.2. The molecule has 2 N–H and O–H groups in total. The number of anilines is 1. The van der Waals surface area contributed by atoms with E-state index in [2.05, 4.69) is 4.98 Å². The first kappa shape index (κ1) is 24.3. The lowest BCUT2D eigenvalue weighted by Crippen LogP contribution is -2.49. The average Bonchev–Trinajstić information content (AvgIpc) is 2.95. The number of alkyl halides is 1. The van der Waals surface area contributed by atoms with Crippen molar-refractivity contribution in [3.63, 3.8) is 0 Å². The number of carbonyl (C=O) groups is 1. The Morgan fingerprint density at radius 3 is 2.84 bits per heavy atom. The average molecular weight is 479 g/mol. The monoisotopic (exact) mass is 479 g/mol. The summed E-state index contributed by atoms with van der Waals surface area (Å²) in [5.41, 5.74) is 3.07. The van der Waals surface area contributed by atoms with E-state index < -0.39 is 42.9 Å². The van der Waals surface area contributed by atoms with Gasteiger partial charge in [0.15, 0.2) is 11.3 Å². The Morgan fingerprint density at radius 2 is 2.23 bits per heavy atom. The van der Waals surface area contributed by atoms with Crippen LogP contribution in [0.4, 0.5) is 10.2 Å². The molecule has 0 bridgehead atoms. The number of fused-ring (bicyclic) bond motifs is 1. The SMILES string of the molecule is CC[C@@]12COP(=O)(OCSC(=O)C(C)(C)C)O[C@H]1[C@@H](F)[C@H](Cn1ccc(N)nc1=O)O2. The Labute approximate surface area is 183 Å². The molecule has 3 rings (SSSR count). The lowest BCUT2D eigenvalue weighted by atomic mass is 9.93. The molecule has 0 aromatic carbocycles. The van der Waals surface area contributed by atoms with Gasteiger partial charge in [-0.3, -0.25) is 22.9 Å². The molecule has 13 heteroatoms. The van der Waals surface area contributed by atoms with Crippen molar-refractivity contribution in [3.8, 4) is 0 Å². The number of phosphoric ester groups is 1. The summed E-state index contributed by atoms with van der Waals surface area (Å²) in [4.78, 5) is 27.6. The van der Waals surface area contributed by atoms with Gasteiger partial charge in [0.05, 0.1) is 13.2 Å². The minimum absolute atomic E-state index is 0.0571. The Kier molecular flexibility index (Phi) is 7.00. The number of ether oxygens (including phenoxy) is 1. The number of aromatic nitrogens is 2. The van der Waals surface area contributed by atoms with Crippen molar-refractivity contribution in [1.29, 1.82) is 0 Å². The molecule has 174 valence electrons. The van der Waals surface area contributed by atoms with Gasteiger partial charge in [-0.05, 0) is 12.5 Å². The second kappa shape index (κ2) is 8.92. The number of hydrogen-bond acceptors (Lipinski definition) is 10. The molecule has 10 nitrogen and oxygen atoms in total. The fraction of sp³-hybridized carbons (Fsp3) is 0.722. The molecule has 1 unspecified atom stereocenters. The maximum Gasteiger partial charge on any atom is 0.476 e. The molecule has 0 saturated carbocycles. The van der Waals surface area contributed by atoms with Crippen LogP contribution < -0.4 is 11.4 Å². The normalized spacial score (nSPS) is 33.3. The first-order chi connectivity index (χ1) is 14.4. The number of hydrogen-bond donors (Lipinski definition) is 1. The van der Waals surface area contributed by atoms with Gasteiger partial charge in [-0.15, -0.1) is 0 Å². The molecule has 5 atom stereocenters. The summed E-state index contributed by atoms with van der Waals surface area (Å²) in [6.07, 6.45) is -2.26. The number of nitrogens with zero attached hydrogens (tertiary/aromatic N) is 2. The molecule has 1 aromatic heterocycles. The van der Waals surface area contributed by atoms with Gasteiger partial charge in [-0.1, -0.05) is 39.5 Å². The Hall–Kier alpha value is -1.30. The van der Waals surface area contributed by atoms with E-state index in [1.807, 2.05) is 0 Å².